The van der Waals surface area contributed by atoms with Gasteiger partial charge in [-0.3, -0.25) is 4.68 Å². The summed E-state index contributed by atoms with van der Waals surface area (Å²) in [4.78, 5) is 0. The number of nitrogens with zero attached hydrogens (tertiary/aromatic N) is 2. The lowest BCUT2D eigenvalue weighted by Gasteiger charge is -2.08. The highest BCUT2D eigenvalue weighted by Gasteiger charge is 2.11. The van der Waals surface area contributed by atoms with Crippen LogP contribution >= 0.6 is 0 Å². The Labute approximate surface area is 95.3 Å². The van der Waals surface area contributed by atoms with Gasteiger partial charge in [0.2, 0.25) is 0 Å². The van der Waals surface area contributed by atoms with Gasteiger partial charge in [0.1, 0.15) is 11.5 Å². The summed E-state index contributed by atoms with van der Waals surface area (Å²) in [5.41, 5.74) is 1.01. The molecule has 0 spiro atoms. The van der Waals surface area contributed by atoms with Crippen LogP contribution in [0.25, 0.3) is 11.3 Å². The molecule has 0 amide bonds. The molecule has 2 aromatic heterocycles. The Morgan fingerprint density at radius 1 is 1.50 bits per heavy atom. The molecule has 0 aromatic carbocycles. The first-order chi connectivity index (χ1) is 7.70. The number of aromatic nitrogens is 2. The second-order valence-corrected chi connectivity index (χ2v) is 3.88. The van der Waals surface area contributed by atoms with Gasteiger partial charge in [-0.05, 0) is 25.6 Å². The molecule has 4 heteroatoms. The minimum atomic E-state index is 0.246. The highest BCUT2D eigenvalue weighted by Crippen LogP contribution is 2.24. The largest absolute Gasteiger partial charge is 0.459 e. The van der Waals surface area contributed by atoms with E-state index in [0.717, 1.165) is 23.6 Å². The standard InChI is InChI=1S/C12H17N3O/c1-4-13-9(2)11-5-6-12(16-11)10-7-14-15(3)8-10/h5-9,13H,4H2,1-3H3. The molecule has 0 fully saturated rings. The van der Waals surface area contributed by atoms with Crippen molar-refractivity contribution in [2.45, 2.75) is 19.9 Å². The van der Waals surface area contributed by atoms with Gasteiger partial charge < -0.3 is 9.73 Å². The molecule has 0 radical (unpaired) electrons. The van der Waals surface area contributed by atoms with Crippen LogP contribution in [0.5, 0.6) is 0 Å². The monoisotopic (exact) mass is 219 g/mol. The van der Waals surface area contributed by atoms with Gasteiger partial charge in [0.05, 0.1) is 17.8 Å². The summed E-state index contributed by atoms with van der Waals surface area (Å²) in [6, 6.07) is 4.24. The van der Waals surface area contributed by atoms with E-state index in [1.54, 1.807) is 10.9 Å². The van der Waals surface area contributed by atoms with Crippen molar-refractivity contribution in [1.82, 2.24) is 15.1 Å². The molecule has 1 unspecified atom stereocenters. The zero-order chi connectivity index (χ0) is 11.5. The Bertz CT molecular complexity index is 458. The lowest BCUT2D eigenvalue weighted by Crippen LogP contribution is -2.16. The molecule has 1 N–H and O–H groups in total. The third kappa shape index (κ3) is 2.17. The highest BCUT2D eigenvalue weighted by atomic mass is 16.3. The van der Waals surface area contributed by atoms with E-state index in [0.29, 0.717) is 0 Å². The van der Waals surface area contributed by atoms with Crippen LogP contribution in [-0.2, 0) is 7.05 Å². The summed E-state index contributed by atoms with van der Waals surface area (Å²) in [5, 5.41) is 7.44. The summed E-state index contributed by atoms with van der Waals surface area (Å²) in [5.74, 6) is 1.83. The van der Waals surface area contributed by atoms with Crippen LogP contribution < -0.4 is 5.32 Å². The van der Waals surface area contributed by atoms with Crippen LogP contribution in [0.4, 0.5) is 0 Å². The third-order valence-corrected chi connectivity index (χ3v) is 2.55. The molecular formula is C12H17N3O. The predicted octanol–water partition coefficient (Wildman–Crippen LogP) is 2.35. The van der Waals surface area contributed by atoms with E-state index in [2.05, 4.69) is 24.3 Å². The van der Waals surface area contributed by atoms with Crippen LogP contribution in [0.2, 0.25) is 0 Å². The quantitative estimate of drug-likeness (QED) is 0.858. The molecule has 0 saturated heterocycles. The zero-order valence-electron chi connectivity index (χ0n) is 9.90. The van der Waals surface area contributed by atoms with E-state index in [-0.39, 0.29) is 6.04 Å². The van der Waals surface area contributed by atoms with Crippen LogP contribution in [0, 0.1) is 0 Å². The molecule has 0 aliphatic rings. The Hall–Kier alpha value is -1.55. The van der Waals surface area contributed by atoms with Crippen molar-refractivity contribution in [3.05, 3.63) is 30.3 Å². The van der Waals surface area contributed by atoms with Crippen LogP contribution in [0.1, 0.15) is 25.6 Å². The Morgan fingerprint density at radius 2 is 2.31 bits per heavy atom. The highest BCUT2D eigenvalue weighted by molar-refractivity contribution is 5.55. The molecule has 0 aliphatic heterocycles. The van der Waals surface area contributed by atoms with Gasteiger partial charge >= 0.3 is 0 Å². The molecule has 2 heterocycles. The molecule has 1 atom stereocenters. The van der Waals surface area contributed by atoms with E-state index >= 15 is 0 Å². The molecule has 2 rings (SSSR count). The maximum atomic E-state index is 5.78. The van der Waals surface area contributed by atoms with Crippen molar-refractivity contribution >= 4 is 0 Å². The molecular weight excluding hydrogens is 202 g/mol. The van der Waals surface area contributed by atoms with Crippen LogP contribution in [0.15, 0.2) is 28.9 Å². The maximum Gasteiger partial charge on any atom is 0.137 e. The summed E-state index contributed by atoms with van der Waals surface area (Å²) in [6.07, 6.45) is 3.75. The first kappa shape index (κ1) is 11.0. The Morgan fingerprint density at radius 3 is 2.94 bits per heavy atom. The van der Waals surface area contributed by atoms with Crippen molar-refractivity contribution < 1.29 is 4.42 Å². The first-order valence-corrected chi connectivity index (χ1v) is 5.53. The fourth-order valence-corrected chi connectivity index (χ4v) is 1.70. The third-order valence-electron chi connectivity index (χ3n) is 2.55. The molecule has 0 aliphatic carbocycles. The van der Waals surface area contributed by atoms with E-state index in [1.165, 1.54) is 0 Å². The van der Waals surface area contributed by atoms with Crippen molar-refractivity contribution in [1.29, 1.82) is 0 Å². The van der Waals surface area contributed by atoms with Crippen LogP contribution in [0.3, 0.4) is 0 Å². The van der Waals surface area contributed by atoms with Gasteiger partial charge in [0, 0.05) is 13.2 Å². The van der Waals surface area contributed by atoms with Gasteiger partial charge in [-0.25, -0.2) is 0 Å². The SMILES string of the molecule is CCNC(C)c1ccc(-c2cnn(C)c2)o1. The second kappa shape index (κ2) is 4.53. The Balaban J connectivity index is 2.19. The molecule has 4 nitrogen and oxygen atoms in total. The van der Waals surface area contributed by atoms with E-state index in [9.17, 15) is 0 Å². The number of nitrogens with one attached hydrogen (secondary N) is 1. The lowest BCUT2D eigenvalue weighted by molar-refractivity contribution is 0.445. The van der Waals surface area contributed by atoms with E-state index in [4.69, 9.17) is 4.42 Å². The summed E-state index contributed by atoms with van der Waals surface area (Å²) >= 11 is 0. The minimum Gasteiger partial charge on any atom is -0.459 e. The van der Waals surface area contributed by atoms with Crippen LogP contribution in [-0.4, -0.2) is 16.3 Å². The predicted molar refractivity (Wildman–Crippen MR) is 63.0 cm³/mol. The summed E-state index contributed by atoms with van der Waals surface area (Å²) < 4.78 is 7.55. The average Bonchev–Trinajstić information content (AvgIpc) is 2.85. The normalized spacial score (nSPS) is 12.9. The van der Waals surface area contributed by atoms with Gasteiger partial charge in [-0.15, -0.1) is 0 Å². The smallest absolute Gasteiger partial charge is 0.137 e. The fraction of sp³-hybridized carbons (Fsp3) is 0.417. The Kier molecular flexibility index (Phi) is 3.10. The molecule has 2 aromatic rings. The summed E-state index contributed by atoms with van der Waals surface area (Å²) in [7, 11) is 1.90. The lowest BCUT2D eigenvalue weighted by atomic mass is 10.2. The summed E-state index contributed by atoms with van der Waals surface area (Å²) in [6.45, 7) is 5.11. The topological polar surface area (TPSA) is 43.0 Å². The van der Waals surface area contributed by atoms with Crippen molar-refractivity contribution in [2.75, 3.05) is 6.54 Å². The van der Waals surface area contributed by atoms with Gasteiger partial charge in [-0.2, -0.15) is 5.10 Å². The number of aryl methyl sites for hydroxylation is 1. The maximum absolute atomic E-state index is 5.78. The first-order valence-electron chi connectivity index (χ1n) is 5.53. The molecule has 0 saturated carbocycles. The fourth-order valence-electron chi connectivity index (χ4n) is 1.70. The van der Waals surface area contributed by atoms with Crippen molar-refractivity contribution in [2.24, 2.45) is 7.05 Å². The van der Waals surface area contributed by atoms with E-state index < -0.39 is 0 Å². The molecule has 16 heavy (non-hydrogen) atoms. The molecule has 86 valence electrons. The second-order valence-electron chi connectivity index (χ2n) is 3.88. The van der Waals surface area contributed by atoms with Gasteiger partial charge in [0.15, 0.2) is 0 Å². The average molecular weight is 219 g/mol. The van der Waals surface area contributed by atoms with Crippen molar-refractivity contribution in [3.63, 3.8) is 0 Å². The number of hydrogen-bond donors (Lipinski definition) is 1. The molecule has 0 bridgehead atoms. The number of furan rings is 1. The zero-order valence-corrected chi connectivity index (χ0v) is 9.90. The van der Waals surface area contributed by atoms with Gasteiger partial charge in [0.25, 0.3) is 0 Å². The van der Waals surface area contributed by atoms with Crippen molar-refractivity contribution in [3.8, 4) is 11.3 Å². The number of rotatable bonds is 4. The van der Waals surface area contributed by atoms with E-state index in [1.807, 2.05) is 25.4 Å². The van der Waals surface area contributed by atoms with Gasteiger partial charge in [-0.1, -0.05) is 6.92 Å². The number of hydrogen-bond acceptors (Lipinski definition) is 3. The minimum absolute atomic E-state index is 0.246.